The van der Waals surface area contributed by atoms with Crippen LogP contribution < -0.4 is 5.32 Å². The largest absolute Gasteiger partial charge is 0.379 e. The van der Waals surface area contributed by atoms with Crippen LogP contribution in [0.25, 0.3) is 0 Å². The summed E-state index contributed by atoms with van der Waals surface area (Å²) in [6.07, 6.45) is 1.11. The van der Waals surface area contributed by atoms with Gasteiger partial charge in [0.05, 0.1) is 19.8 Å². The molecule has 2 fully saturated rings. The van der Waals surface area contributed by atoms with Crippen molar-refractivity contribution < 1.29 is 13.9 Å². The van der Waals surface area contributed by atoms with E-state index >= 15 is 0 Å². The Labute approximate surface area is 142 Å². The fraction of sp³-hybridized carbons (Fsp3) is 0.611. The van der Waals surface area contributed by atoms with E-state index in [1.165, 1.54) is 6.07 Å². The van der Waals surface area contributed by atoms with Gasteiger partial charge in [-0.1, -0.05) is 12.1 Å². The SMILES string of the molecule is Cc1ccc(CNC(=O)CN2CCC(N3CCOCC3)C2)cc1F. The summed E-state index contributed by atoms with van der Waals surface area (Å²) in [6, 6.07) is 5.61. The molecule has 2 aliphatic heterocycles. The molecule has 1 atom stereocenters. The predicted octanol–water partition coefficient (Wildman–Crippen LogP) is 1.16. The van der Waals surface area contributed by atoms with E-state index in [0.29, 0.717) is 24.7 Å². The zero-order valence-corrected chi connectivity index (χ0v) is 14.3. The quantitative estimate of drug-likeness (QED) is 0.877. The van der Waals surface area contributed by atoms with Crippen molar-refractivity contribution in [2.45, 2.75) is 25.9 Å². The number of ether oxygens (including phenoxy) is 1. The maximum Gasteiger partial charge on any atom is 0.234 e. The van der Waals surface area contributed by atoms with Crippen LogP contribution in [0, 0.1) is 12.7 Å². The molecule has 1 aromatic rings. The van der Waals surface area contributed by atoms with Gasteiger partial charge in [-0.3, -0.25) is 14.6 Å². The van der Waals surface area contributed by atoms with E-state index in [4.69, 9.17) is 4.74 Å². The number of nitrogens with one attached hydrogen (secondary N) is 1. The highest BCUT2D eigenvalue weighted by molar-refractivity contribution is 5.78. The minimum absolute atomic E-state index is 0.00129. The van der Waals surface area contributed by atoms with Crippen molar-refractivity contribution >= 4 is 5.91 Å². The zero-order valence-electron chi connectivity index (χ0n) is 14.3. The highest BCUT2D eigenvalue weighted by atomic mass is 19.1. The summed E-state index contributed by atoms with van der Waals surface area (Å²) >= 11 is 0. The van der Waals surface area contributed by atoms with Crippen LogP contribution in [0.5, 0.6) is 0 Å². The maximum absolute atomic E-state index is 13.5. The van der Waals surface area contributed by atoms with E-state index in [1.54, 1.807) is 13.0 Å². The second-order valence-electron chi connectivity index (χ2n) is 6.69. The van der Waals surface area contributed by atoms with Crippen LogP contribution >= 0.6 is 0 Å². The van der Waals surface area contributed by atoms with Crippen molar-refractivity contribution in [3.8, 4) is 0 Å². The average molecular weight is 335 g/mol. The molecule has 1 amide bonds. The normalized spacial score (nSPS) is 22.7. The molecule has 132 valence electrons. The number of carbonyl (C=O) groups excluding carboxylic acids is 1. The Bertz CT molecular complexity index is 575. The number of carbonyl (C=O) groups is 1. The van der Waals surface area contributed by atoms with Gasteiger partial charge in [-0.15, -0.1) is 0 Å². The predicted molar refractivity (Wildman–Crippen MR) is 90.2 cm³/mol. The van der Waals surface area contributed by atoms with Gasteiger partial charge in [0.15, 0.2) is 0 Å². The lowest BCUT2D eigenvalue weighted by Gasteiger charge is -2.32. The van der Waals surface area contributed by atoms with Gasteiger partial charge in [-0.25, -0.2) is 4.39 Å². The van der Waals surface area contributed by atoms with Crippen LogP contribution in [0.4, 0.5) is 4.39 Å². The third-order valence-corrected chi connectivity index (χ3v) is 4.90. The highest BCUT2D eigenvalue weighted by Gasteiger charge is 2.29. The lowest BCUT2D eigenvalue weighted by Crippen LogP contribution is -2.45. The average Bonchev–Trinajstić information content (AvgIpc) is 3.05. The number of hydrogen-bond donors (Lipinski definition) is 1. The van der Waals surface area contributed by atoms with Crippen molar-refractivity contribution in [1.82, 2.24) is 15.1 Å². The third kappa shape index (κ3) is 4.53. The summed E-state index contributed by atoms with van der Waals surface area (Å²) in [6.45, 7) is 8.00. The van der Waals surface area contributed by atoms with Gasteiger partial charge in [0, 0.05) is 38.8 Å². The van der Waals surface area contributed by atoms with Gasteiger partial charge in [0.1, 0.15) is 5.82 Å². The topological polar surface area (TPSA) is 44.8 Å². The summed E-state index contributed by atoms with van der Waals surface area (Å²) in [5.41, 5.74) is 1.41. The van der Waals surface area contributed by atoms with Gasteiger partial charge >= 0.3 is 0 Å². The molecule has 1 N–H and O–H groups in total. The molecule has 1 aromatic carbocycles. The van der Waals surface area contributed by atoms with Crippen molar-refractivity contribution in [3.05, 3.63) is 35.1 Å². The van der Waals surface area contributed by atoms with E-state index < -0.39 is 0 Å². The summed E-state index contributed by atoms with van der Waals surface area (Å²) in [4.78, 5) is 16.8. The Balaban J connectivity index is 1.41. The number of morpholine rings is 1. The number of rotatable bonds is 5. The Morgan fingerprint density at radius 3 is 2.88 bits per heavy atom. The van der Waals surface area contributed by atoms with Crippen LogP contribution in [0.2, 0.25) is 0 Å². The minimum atomic E-state index is -0.227. The molecule has 0 aromatic heterocycles. The molecule has 0 aliphatic carbocycles. The number of aryl methyl sites for hydroxylation is 1. The second kappa shape index (κ2) is 8.05. The van der Waals surface area contributed by atoms with Crippen molar-refractivity contribution in [2.75, 3.05) is 45.9 Å². The van der Waals surface area contributed by atoms with Crippen LogP contribution in [0.3, 0.4) is 0 Å². The number of halogens is 1. The molecule has 24 heavy (non-hydrogen) atoms. The molecule has 6 heteroatoms. The highest BCUT2D eigenvalue weighted by Crippen LogP contribution is 2.16. The first kappa shape index (κ1) is 17.3. The molecule has 0 radical (unpaired) electrons. The molecular formula is C18H26FN3O2. The standard InChI is InChI=1S/C18H26FN3O2/c1-14-2-3-15(10-17(14)19)11-20-18(23)13-21-5-4-16(12-21)22-6-8-24-9-7-22/h2-3,10,16H,4-9,11-13H2,1H3,(H,20,23). The van der Waals surface area contributed by atoms with Crippen molar-refractivity contribution in [2.24, 2.45) is 0 Å². The molecule has 5 nitrogen and oxygen atoms in total. The van der Waals surface area contributed by atoms with Gasteiger partial charge in [0.2, 0.25) is 5.91 Å². The first-order valence-electron chi connectivity index (χ1n) is 8.67. The fourth-order valence-corrected chi connectivity index (χ4v) is 3.40. The monoisotopic (exact) mass is 335 g/mol. The number of benzene rings is 1. The molecule has 2 saturated heterocycles. The molecule has 2 heterocycles. The smallest absolute Gasteiger partial charge is 0.234 e. The zero-order chi connectivity index (χ0) is 16.9. The summed E-state index contributed by atoms with van der Waals surface area (Å²) in [7, 11) is 0. The fourth-order valence-electron chi connectivity index (χ4n) is 3.40. The Morgan fingerprint density at radius 2 is 2.12 bits per heavy atom. The Kier molecular flexibility index (Phi) is 5.81. The van der Waals surface area contributed by atoms with Crippen LogP contribution in [0.1, 0.15) is 17.5 Å². The van der Waals surface area contributed by atoms with Crippen LogP contribution in [0.15, 0.2) is 18.2 Å². The van der Waals surface area contributed by atoms with Crippen LogP contribution in [-0.4, -0.2) is 67.7 Å². The Hall–Kier alpha value is -1.50. The number of hydrogen-bond acceptors (Lipinski definition) is 4. The maximum atomic E-state index is 13.5. The summed E-state index contributed by atoms with van der Waals surface area (Å²) in [5, 5.41) is 2.89. The number of nitrogens with zero attached hydrogens (tertiary/aromatic N) is 2. The molecule has 0 bridgehead atoms. The summed E-state index contributed by atoms with van der Waals surface area (Å²) < 4.78 is 18.9. The molecular weight excluding hydrogens is 309 g/mol. The van der Waals surface area contributed by atoms with Crippen LogP contribution in [-0.2, 0) is 16.1 Å². The van der Waals surface area contributed by atoms with E-state index in [-0.39, 0.29) is 11.7 Å². The molecule has 3 rings (SSSR count). The number of likely N-dealkylation sites (tertiary alicyclic amines) is 1. The van der Waals surface area contributed by atoms with Gasteiger partial charge < -0.3 is 10.1 Å². The first-order chi connectivity index (χ1) is 11.6. The van der Waals surface area contributed by atoms with E-state index in [9.17, 15) is 9.18 Å². The lowest BCUT2D eigenvalue weighted by atomic mass is 10.1. The molecule has 1 unspecified atom stereocenters. The van der Waals surface area contributed by atoms with Gasteiger partial charge in [0.25, 0.3) is 0 Å². The van der Waals surface area contributed by atoms with Crippen molar-refractivity contribution in [1.29, 1.82) is 0 Å². The molecule has 0 spiro atoms. The van der Waals surface area contributed by atoms with E-state index in [0.717, 1.165) is 51.4 Å². The van der Waals surface area contributed by atoms with Crippen molar-refractivity contribution in [3.63, 3.8) is 0 Å². The molecule has 0 saturated carbocycles. The number of amides is 1. The summed E-state index contributed by atoms with van der Waals surface area (Å²) in [5.74, 6) is -0.228. The van der Waals surface area contributed by atoms with Gasteiger partial charge in [-0.05, 0) is 30.5 Å². The van der Waals surface area contributed by atoms with E-state index in [1.807, 2.05) is 6.07 Å². The minimum Gasteiger partial charge on any atom is -0.379 e. The van der Waals surface area contributed by atoms with E-state index in [2.05, 4.69) is 15.1 Å². The first-order valence-corrected chi connectivity index (χ1v) is 8.67. The third-order valence-electron chi connectivity index (χ3n) is 4.90. The Morgan fingerprint density at radius 1 is 1.33 bits per heavy atom. The molecule has 2 aliphatic rings. The van der Waals surface area contributed by atoms with Gasteiger partial charge in [-0.2, -0.15) is 0 Å². The second-order valence-corrected chi connectivity index (χ2v) is 6.69. The lowest BCUT2D eigenvalue weighted by molar-refractivity contribution is -0.122.